The number of hydrogen-bond acceptors (Lipinski definition) is 4. The molecule has 2 saturated heterocycles. The van der Waals surface area contributed by atoms with Crippen LogP contribution in [0, 0.1) is 23.2 Å². The van der Waals surface area contributed by atoms with Crippen LogP contribution in [0.4, 0.5) is 11.4 Å². The van der Waals surface area contributed by atoms with E-state index in [9.17, 15) is 5.11 Å². The van der Waals surface area contributed by atoms with Crippen molar-refractivity contribution in [1.29, 1.82) is 0 Å². The van der Waals surface area contributed by atoms with E-state index in [1.165, 1.54) is 74.8 Å². The Kier molecular flexibility index (Phi) is 3.64. The first-order valence-electron chi connectivity index (χ1n) is 13.3. The average molecular weight is 442 g/mol. The number of rotatable bonds is 3. The zero-order valence-electron chi connectivity index (χ0n) is 19.4. The minimum absolute atomic E-state index is 0.218. The number of fused-ring (bicyclic) bond motifs is 1. The molecule has 6 aliphatic rings. The van der Waals surface area contributed by atoms with Crippen LogP contribution in [-0.2, 0) is 11.8 Å². The molecule has 3 N–H and O–H groups in total. The highest BCUT2D eigenvalue weighted by atomic mass is 16.3. The van der Waals surface area contributed by atoms with Gasteiger partial charge < -0.3 is 15.7 Å². The van der Waals surface area contributed by atoms with Crippen molar-refractivity contribution in [3.8, 4) is 5.75 Å². The summed E-state index contributed by atoms with van der Waals surface area (Å²) in [6.45, 7) is 3.71. The molecule has 0 amide bonds. The summed E-state index contributed by atoms with van der Waals surface area (Å²) in [4.78, 5) is 5.62. The summed E-state index contributed by atoms with van der Waals surface area (Å²) >= 11 is 0. The number of aromatic hydroxyl groups is 1. The van der Waals surface area contributed by atoms with Crippen molar-refractivity contribution >= 4 is 11.4 Å². The monoisotopic (exact) mass is 441 g/mol. The molecular formula is C29H35N3O. The molecule has 2 aromatic rings. The maximum absolute atomic E-state index is 10.6. The summed E-state index contributed by atoms with van der Waals surface area (Å²) in [5.41, 5.74) is 12.3. The van der Waals surface area contributed by atoms with E-state index in [0.717, 1.165) is 24.1 Å². The number of phenols is 1. The van der Waals surface area contributed by atoms with E-state index in [4.69, 9.17) is 5.73 Å². The molecule has 5 unspecified atom stereocenters. The smallest absolute Gasteiger partial charge is 0.115 e. The predicted molar refractivity (Wildman–Crippen MR) is 131 cm³/mol. The number of likely N-dealkylation sites (tertiary alicyclic amines) is 1. The third-order valence-electron chi connectivity index (χ3n) is 11.0. The Labute approximate surface area is 196 Å². The van der Waals surface area contributed by atoms with Crippen molar-refractivity contribution in [2.24, 2.45) is 23.2 Å². The van der Waals surface area contributed by atoms with Gasteiger partial charge in [-0.1, -0.05) is 18.2 Å². The van der Waals surface area contributed by atoms with Gasteiger partial charge in [-0.3, -0.25) is 4.90 Å². The van der Waals surface area contributed by atoms with Gasteiger partial charge in [0.25, 0.3) is 0 Å². The average Bonchev–Trinajstić information content (AvgIpc) is 3.50. The number of nitrogens with zero attached hydrogens (tertiary/aromatic N) is 2. The maximum atomic E-state index is 10.6. The van der Waals surface area contributed by atoms with E-state index in [1.807, 2.05) is 6.07 Å². The predicted octanol–water partition coefficient (Wildman–Crippen LogP) is 4.56. The van der Waals surface area contributed by atoms with E-state index in [-0.39, 0.29) is 5.41 Å². The molecular weight excluding hydrogens is 406 g/mol. The molecule has 172 valence electrons. The van der Waals surface area contributed by atoms with E-state index >= 15 is 0 Å². The highest BCUT2D eigenvalue weighted by Crippen LogP contribution is 2.75. The first-order valence-corrected chi connectivity index (χ1v) is 13.3. The normalized spacial score (nSPS) is 40.5. The lowest BCUT2D eigenvalue weighted by Crippen LogP contribution is -2.69. The molecule has 4 heteroatoms. The van der Waals surface area contributed by atoms with E-state index in [0.29, 0.717) is 29.2 Å². The molecule has 4 bridgehead atoms. The SMILES string of the molecule is Nc1ccccc1N1C[C@H]2CC34CCC1C2C31CCN(CC2CC2)C4Cc2ccc(O)cc21. The topological polar surface area (TPSA) is 52.7 Å². The first-order chi connectivity index (χ1) is 16.1. The molecule has 4 nitrogen and oxygen atoms in total. The Morgan fingerprint density at radius 3 is 2.79 bits per heavy atom. The number of nitrogens with two attached hydrogens (primary N) is 1. The lowest BCUT2D eigenvalue weighted by atomic mass is 9.43. The summed E-state index contributed by atoms with van der Waals surface area (Å²) in [6, 6.07) is 16.1. The molecule has 2 heterocycles. The van der Waals surface area contributed by atoms with Gasteiger partial charge in [-0.2, -0.15) is 0 Å². The molecule has 0 spiro atoms. The van der Waals surface area contributed by atoms with Crippen molar-refractivity contribution in [3.05, 3.63) is 53.6 Å². The van der Waals surface area contributed by atoms with Crippen LogP contribution in [0.15, 0.2) is 42.5 Å². The van der Waals surface area contributed by atoms with Crippen LogP contribution in [0.1, 0.15) is 49.7 Å². The molecule has 4 aliphatic carbocycles. The van der Waals surface area contributed by atoms with Gasteiger partial charge in [-0.25, -0.2) is 0 Å². The highest BCUT2D eigenvalue weighted by molar-refractivity contribution is 5.69. The summed E-state index contributed by atoms with van der Waals surface area (Å²) in [5, 5.41) is 10.6. The second-order valence-corrected chi connectivity index (χ2v) is 12.2. The van der Waals surface area contributed by atoms with E-state index < -0.39 is 0 Å². The molecule has 2 aliphatic heterocycles. The zero-order chi connectivity index (χ0) is 21.9. The summed E-state index contributed by atoms with van der Waals surface area (Å²) in [6.07, 6.45) is 9.30. The van der Waals surface area contributed by atoms with Crippen LogP contribution < -0.4 is 10.6 Å². The van der Waals surface area contributed by atoms with E-state index in [2.05, 4.69) is 46.2 Å². The fourth-order valence-electron chi connectivity index (χ4n) is 9.97. The van der Waals surface area contributed by atoms with Crippen LogP contribution in [0.5, 0.6) is 5.75 Å². The molecule has 8 rings (SSSR count). The van der Waals surface area contributed by atoms with Crippen molar-refractivity contribution in [3.63, 3.8) is 0 Å². The first kappa shape index (κ1) is 19.1. The molecule has 0 aromatic heterocycles. The molecule has 0 radical (unpaired) electrons. The quantitative estimate of drug-likeness (QED) is 0.686. The van der Waals surface area contributed by atoms with Crippen molar-refractivity contribution in [2.45, 2.75) is 62.4 Å². The number of hydrogen-bond donors (Lipinski definition) is 2. The Hall–Kier alpha value is -2.20. The van der Waals surface area contributed by atoms with Crippen LogP contribution in [0.3, 0.4) is 0 Å². The summed E-state index contributed by atoms with van der Waals surface area (Å²) in [7, 11) is 0. The van der Waals surface area contributed by atoms with Crippen LogP contribution in [0.25, 0.3) is 0 Å². The van der Waals surface area contributed by atoms with Crippen molar-refractivity contribution < 1.29 is 5.11 Å². The zero-order valence-corrected chi connectivity index (χ0v) is 19.4. The van der Waals surface area contributed by atoms with Gasteiger partial charge in [0.05, 0.1) is 11.4 Å². The van der Waals surface area contributed by atoms with Crippen molar-refractivity contribution in [2.75, 3.05) is 30.3 Å². The van der Waals surface area contributed by atoms with Gasteiger partial charge in [0.15, 0.2) is 0 Å². The van der Waals surface area contributed by atoms with Gasteiger partial charge in [-0.15, -0.1) is 0 Å². The number of nitrogen functional groups attached to an aromatic ring is 1. The van der Waals surface area contributed by atoms with Gasteiger partial charge in [0, 0.05) is 30.6 Å². The van der Waals surface area contributed by atoms with Crippen molar-refractivity contribution in [1.82, 2.24) is 4.90 Å². The fourth-order valence-corrected chi connectivity index (χ4v) is 9.97. The van der Waals surface area contributed by atoms with E-state index in [1.54, 1.807) is 0 Å². The third-order valence-corrected chi connectivity index (χ3v) is 11.0. The standard InChI is InChI=1S/C29H35N3O/c30-23-3-1-2-4-24(23)32-17-20-15-28-10-9-25(32)27(20)29(28)11-12-31(16-18-5-6-18)26(28)13-19-7-8-21(33)14-22(19)29/h1-4,7-8,14,18,20,25-27,33H,5-6,9-13,15-17,30H2/t20-,25?,26?,27?,28?,29?/m1/s1. The lowest BCUT2D eigenvalue weighted by molar-refractivity contribution is -0.0920. The molecule has 33 heavy (non-hydrogen) atoms. The van der Waals surface area contributed by atoms with Gasteiger partial charge in [-0.05, 0) is 110 Å². The van der Waals surface area contributed by atoms with Gasteiger partial charge >= 0.3 is 0 Å². The third kappa shape index (κ3) is 2.27. The van der Waals surface area contributed by atoms with Gasteiger partial charge in [0.1, 0.15) is 5.75 Å². The Bertz CT molecular complexity index is 1140. The van der Waals surface area contributed by atoms with Gasteiger partial charge in [0.2, 0.25) is 0 Å². The summed E-state index contributed by atoms with van der Waals surface area (Å²) in [5.74, 6) is 2.81. The molecule has 2 aromatic carbocycles. The molecule has 3 saturated carbocycles. The molecule has 6 atom stereocenters. The number of benzene rings is 2. The van der Waals surface area contributed by atoms with Crippen LogP contribution in [-0.4, -0.2) is 41.7 Å². The Balaban J connectivity index is 1.29. The Morgan fingerprint density at radius 2 is 1.94 bits per heavy atom. The number of anilines is 2. The minimum atomic E-state index is 0.218. The molecule has 5 fully saturated rings. The van der Waals surface area contributed by atoms with Crippen LogP contribution >= 0.6 is 0 Å². The largest absolute Gasteiger partial charge is 0.508 e. The lowest BCUT2D eigenvalue weighted by Gasteiger charge is -2.66. The number of piperidine rings is 1. The Morgan fingerprint density at radius 1 is 1.06 bits per heavy atom. The van der Waals surface area contributed by atoms with Crippen LogP contribution in [0.2, 0.25) is 0 Å². The fraction of sp³-hybridized carbons (Fsp3) is 0.586. The number of para-hydroxylation sites is 2. The second kappa shape index (κ2) is 6.27. The maximum Gasteiger partial charge on any atom is 0.115 e. The second-order valence-electron chi connectivity index (χ2n) is 12.2. The minimum Gasteiger partial charge on any atom is -0.508 e. The number of phenolic OH excluding ortho intramolecular Hbond substituents is 1. The summed E-state index contributed by atoms with van der Waals surface area (Å²) < 4.78 is 0. The highest BCUT2D eigenvalue weighted by Gasteiger charge is 2.76.